The molecule has 21 heavy (non-hydrogen) atoms. The molecule has 2 aromatic heterocycles. The van der Waals surface area contributed by atoms with E-state index in [1.54, 1.807) is 12.3 Å². The Morgan fingerprint density at radius 2 is 2.14 bits per heavy atom. The van der Waals surface area contributed by atoms with Gasteiger partial charge in [-0.3, -0.25) is 4.68 Å². The first-order valence-corrected chi connectivity index (χ1v) is 7.67. The molecule has 0 spiro atoms. The Morgan fingerprint density at radius 3 is 2.90 bits per heavy atom. The van der Waals surface area contributed by atoms with Crippen molar-refractivity contribution < 1.29 is 4.74 Å². The van der Waals surface area contributed by atoms with Gasteiger partial charge in [-0.25, -0.2) is 4.98 Å². The van der Waals surface area contributed by atoms with Crippen LogP contribution in [-0.2, 0) is 13.1 Å². The van der Waals surface area contributed by atoms with Crippen molar-refractivity contribution in [3.63, 3.8) is 0 Å². The quantitative estimate of drug-likeness (QED) is 0.757. The molecule has 0 aliphatic rings. The molecule has 0 fully saturated rings. The molecule has 2 aromatic rings. The molecular formula is C15H21ClN4O. The second-order valence-corrected chi connectivity index (χ2v) is 5.20. The molecule has 0 bridgehead atoms. The SMILES string of the molecule is CCCNCc1nc(Oc2cnn(CCC)c2)ccc1Cl. The molecule has 2 heterocycles. The number of aromatic nitrogens is 3. The summed E-state index contributed by atoms with van der Waals surface area (Å²) < 4.78 is 7.58. The third-order valence-corrected chi connectivity index (χ3v) is 3.24. The first-order chi connectivity index (χ1) is 10.2. The van der Waals surface area contributed by atoms with Gasteiger partial charge in [-0.15, -0.1) is 0 Å². The second kappa shape index (κ2) is 8.00. The minimum atomic E-state index is 0.531. The molecule has 0 aliphatic heterocycles. The lowest BCUT2D eigenvalue weighted by molar-refractivity contribution is 0.458. The van der Waals surface area contributed by atoms with Gasteiger partial charge in [0.05, 0.1) is 23.1 Å². The molecule has 5 nitrogen and oxygen atoms in total. The largest absolute Gasteiger partial charge is 0.436 e. The zero-order valence-corrected chi connectivity index (χ0v) is 13.2. The second-order valence-electron chi connectivity index (χ2n) is 4.80. The molecule has 0 unspecified atom stereocenters. The number of nitrogens with zero attached hydrogens (tertiary/aromatic N) is 3. The summed E-state index contributed by atoms with van der Waals surface area (Å²) in [6, 6.07) is 3.58. The van der Waals surface area contributed by atoms with Crippen LogP contribution >= 0.6 is 11.6 Å². The van der Waals surface area contributed by atoms with Crippen LogP contribution in [0, 0.1) is 0 Å². The van der Waals surface area contributed by atoms with Gasteiger partial charge < -0.3 is 10.1 Å². The Hall–Kier alpha value is -1.59. The summed E-state index contributed by atoms with van der Waals surface area (Å²) in [4.78, 5) is 4.44. The summed E-state index contributed by atoms with van der Waals surface area (Å²) in [6.45, 7) is 6.68. The number of hydrogen-bond acceptors (Lipinski definition) is 4. The standard InChI is InChI=1S/C15H21ClN4O/c1-3-7-17-10-14-13(16)5-6-15(19-14)21-12-9-18-20(11-12)8-4-2/h5-6,9,11,17H,3-4,7-8,10H2,1-2H3. The molecule has 0 aliphatic carbocycles. The summed E-state index contributed by atoms with van der Waals surface area (Å²) in [6.07, 6.45) is 5.67. The van der Waals surface area contributed by atoms with Gasteiger partial charge in [0.15, 0.2) is 5.75 Å². The smallest absolute Gasteiger partial charge is 0.219 e. The lowest BCUT2D eigenvalue weighted by Crippen LogP contribution is -2.15. The fourth-order valence-corrected chi connectivity index (χ4v) is 2.07. The summed E-state index contributed by atoms with van der Waals surface area (Å²) in [5.41, 5.74) is 0.795. The van der Waals surface area contributed by atoms with E-state index in [-0.39, 0.29) is 0 Å². The molecule has 0 radical (unpaired) electrons. The maximum atomic E-state index is 6.15. The van der Waals surface area contributed by atoms with E-state index >= 15 is 0 Å². The van der Waals surface area contributed by atoms with Crippen molar-refractivity contribution in [2.24, 2.45) is 0 Å². The average molecular weight is 309 g/mol. The highest BCUT2D eigenvalue weighted by Gasteiger charge is 2.07. The predicted molar refractivity (Wildman–Crippen MR) is 83.8 cm³/mol. The van der Waals surface area contributed by atoms with Crippen LogP contribution in [0.15, 0.2) is 24.5 Å². The molecule has 0 amide bonds. The van der Waals surface area contributed by atoms with Crippen LogP contribution in [-0.4, -0.2) is 21.3 Å². The van der Waals surface area contributed by atoms with Crippen LogP contribution in [0.5, 0.6) is 11.6 Å². The fourth-order valence-electron chi connectivity index (χ4n) is 1.90. The van der Waals surface area contributed by atoms with Crippen molar-refractivity contribution in [3.05, 3.63) is 35.2 Å². The number of rotatable bonds is 8. The maximum Gasteiger partial charge on any atom is 0.219 e. The molecule has 2 rings (SSSR count). The van der Waals surface area contributed by atoms with Gasteiger partial charge in [0.2, 0.25) is 5.88 Å². The lowest BCUT2D eigenvalue weighted by atomic mass is 10.3. The fraction of sp³-hybridized carbons (Fsp3) is 0.467. The van der Waals surface area contributed by atoms with Crippen molar-refractivity contribution in [2.45, 2.75) is 39.8 Å². The van der Waals surface area contributed by atoms with Gasteiger partial charge in [-0.2, -0.15) is 5.10 Å². The first-order valence-electron chi connectivity index (χ1n) is 7.29. The third kappa shape index (κ3) is 4.72. The number of pyridine rings is 1. The predicted octanol–water partition coefficient (Wildman–Crippen LogP) is 3.63. The highest BCUT2D eigenvalue weighted by molar-refractivity contribution is 6.31. The number of nitrogens with one attached hydrogen (secondary N) is 1. The molecule has 114 valence electrons. The summed E-state index contributed by atoms with van der Waals surface area (Å²) in [5.74, 6) is 1.22. The summed E-state index contributed by atoms with van der Waals surface area (Å²) in [7, 11) is 0. The monoisotopic (exact) mass is 308 g/mol. The molecule has 6 heteroatoms. The summed E-state index contributed by atoms with van der Waals surface area (Å²) in [5, 5.41) is 8.16. The summed E-state index contributed by atoms with van der Waals surface area (Å²) >= 11 is 6.15. The van der Waals surface area contributed by atoms with E-state index in [2.05, 4.69) is 29.2 Å². The Labute approximate surface area is 130 Å². The van der Waals surface area contributed by atoms with Crippen molar-refractivity contribution in [1.29, 1.82) is 0 Å². The van der Waals surface area contributed by atoms with Crippen LogP contribution in [0.25, 0.3) is 0 Å². The van der Waals surface area contributed by atoms with E-state index < -0.39 is 0 Å². The van der Waals surface area contributed by atoms with Gasteiger partial charge >= 0.3 is 0 Å². The first kappa shape index (κ1) is 15.8. The van der Waals surface area contributed by atoms with Crippen LogP contribution in [0.3, 0.4) is 0 Å². The number of hydrogen-bond donors (Lipinski definition) is 1. The molecule has 0 saturated carbocycles. The van der Waals surface area contributed by atoms with Gasteiger partial charge in [-0.1, -0.05) is 25.4 Å². The number of ether oxygens (including phenoxy) is 1. The minimum absolute atomic E-state index is 0.531. The Balaban J connectivity index is 2.03. The van der Waals surface area contributed by atoms with Gasteiger partial charge in [0, 0.05) is 19.2 Å². The van der Waals surface area contributed by atoms with Crippen molar-refractivity contribution in [3.8, 4) is 11.6 Å². The normalized spacial score (nSPS) is 10.8. The molecule has 0 saturated heterocycles. The van der Waals surface area contributed by atoms with E-state index in [0.29, 0.717) is 23.2 Å². The van der Waals surface area contributed by atoms with Gasteiger partial charge in [0.1, 0.15) is 0 Å². The van der Waals surface area contributed by atoms with Crippen LogP contribution < -0.4 is 10.1 Å². The lowest BCUT2D eigenvalue weighted by Gasteiger charge is -2.07. The number of aryl methyl sites for hydroxylation is 1. The van der Waals surface area contributed by atoms with Crippen molar-refractivity contribution in [2.75, 3.05) is 6.54 Å². The Morgan fingerprint density at radius 1 is 1.29 bits per heavy atom. The van der Waals surface area contributed by atoms with E-state index in [0.717, 1.165) is 31.6 Å². The van der Waals surface area contributed by atoms with Crippen LogP contribution in [0.1, 0.15) is 32.4 Å². The van der Waals surface area contributed by atoms with Crippen LogP contribution in [0.4, 0.5) is 0 Å². The Kier molecular flexibility index (Phi) is 6.02. The van der Waals surface area contributed by atoms with E-state index in [4.69, 9.17) is 16.3 Å². The molecular weight excluding hydrogens is 288 g/mol. The average Bonchev–Trinajstić information content (AvgIpc) is 2.90. The molecule has 0 aromatic carbocycles. The minimum Gasteiger partial charge on any atom is -0.436 e. The van der Waals surface area contributed by atoms with E-state index in [1.165, 1.54) is 0 Å². The zero-order chi connectivity index (χ0) is 15.1. The molecule has 1 N–H and O–H groups in total. The molecule has 0 atom stereocenters. The highest BCUT2D eigenvalue weighted by Crippen LogP contribution is 2.22. The van der Waals surface area contributed by atoms with E-state index in [9.17, 15) is 0 Å². The highest BCUT2D eigenvalue weighted by atomic mass is 35.5. The zero-order valence-electron chi connectivity index (χ0n) is 12.5. The van der Waals surface area contributed by atoms with Gasteiger partial charge in [-0.05, 0) is 25.5 Å². The third-order valence-electron chi connectivity index (χ3n) is 2.90. The van der Waals surface area contributed by atoms with E-state index in [1.807, 2.05) is 16.9 Å². The van der Waals surface area contributed by atoms with Crippen LogP contribution in [0.2, 0.25) is 5.02 Å². The topological polar surface area (TPSA) is 52.0 Å². The Bertz CT molecular complexity index is 571. The van der Waals surface area contributed by atoms with Crippen molar-refractivity contribution >= 4 is 11.6 Å². The number of halogens is 1. The maximum absolute atomic E-state index is 6.15. The van der Waals surface area contributed by atoms with Crippen molar-refractivity contribution in [1.82, 2.24) is 20.1 Å². The van der Waals surface area contributed by atoms with Gasteiger partial charge in [0.25, 0.3) is 0 Å².